The number of anilines is 1. The van der Waals surface area contributed by atoms with Crippen LogP contribution in [0.5, 0.6) is 0 Å². The van der Waals surface area contributed by atoms with Gasteiger partial charge in [-0.3, -0.25) is 14.9 Å². The minimum absolute atomic E-state index is 0.0403. The number of carbonyl (C=O) groups excluding carboxylic acids is 2. The molecule has 2 amide bonds. The van der Waals surface area contributed by atoms with Gasteiger partial charge in [-0.15, -0.1) is 5.10 Å². The number of hydrogen-bond acceptors (Lipinski definition) is 4. The Morgan fingerprint density at radius 3 is 2.47 bits per heavy atom. The van der Waals surface area contributed by atoms with Gasteiger partial charge in [0, 0.05) is 6.54 Å². The van der Waals surface area contributed by atoms with Gasteiger partial charge in [-0.05, 0) is 36.5 Å². The lowest BCUT2D eigenvalue weighted by Gasteiger charge is -2.37. The Hall–Kier alpha value is -3.48. The summed E-state index contributed by atoms with van der Waals surface area (Å²) in [6.45, 7) is 2.55. The van der Waals surface area contributed by atoms with Crippen LogP contribution in [0.3, 0.4) is 0 Å². The Morgan fingerprint density at radius 2 is 1.72 bits per heavy atom. The lowest BCUT2D eigenvalue weighted by atomic mass is 9.67. The van der Waals surface area contributed by atoms with E-state index in [-0.39, 0.29) is 24.3 Å². The van der Waals surface area contributed by atoms with Crippen molar-refractivity contribution in [2.24, 2.45) is 0 Å². The zero-order chi connectivity index (χ0) is 22.4. The van der Waals surface area contributed by atoms with E-state index in [1.54, 1.807) is 0 Å². The quantitative estimate of drug-likeness (QED) is 0.596. The first-order chi connectivity index (χ1) is 15.6. The standard InChI is InChI=1S/C25H29N5O2/c1-19-10-6-7-13-21(19)25(14-8-3-9-15-25)23(32)28-24-27-18-30(29-24)17-22(31)26-16-20-11-4-2-5-12-20/h2,4-7,10-13,18H,3,8-9,14-17H2,1H3,(H,26,31)(H,28,29,32). The number of rotatable bonds is 7. The molecule has 1 fully saturated rings. The topological polar surface area (TPSA) is 88.9 Å². The van der Waals surface area contributed by atoms with Crippen LogP contribution in [0.25, 0.3) is 0 Å². The first-order valence-corrected chi connectivity index (χ1v) is 11.1. The first kappa shape index (κ1) is 21.7. The highest BCUT2D eigenvalue weighted by molar-refractivity contribution is 5.98. The minimum atomic E-state index is -0.567. The van der Waals surface area contributed by atoms with E-state index in [9.17, 15) is 9.59 Å². The molecule has 1 heterocycles. The molecule has 32 heavy (non-hydrogen) atoms. The Balaban J connectivity index is 1.41. The average Bonchev–Trinajstić information content (AvgIpc) is 3.25. The lowest BCUT2D eigenvalue weighted by molar-refractivity contribution is -0.123. The Morgan fingerprint density at radius 1 is 1.00 bits per heavy atom. The summed E-state index contributed by atoms with van der Waals surface area (Å²) < 4.78 is 1.44. The highest BCUT2D eigenvalue weighted by atomic mass is 16.2. The minimum Gasteiger partial charge on any atom is -0.350 e. The summed E-state index contributed by atoms with van der Waals surface area (Å²) in [6.07, 6.45) is 6.28. The van der Waals surface area contributed by atoms with Crippen molar-refractivity contribution in [1.29, 1.82) is 0 Å². The summed E-state index contributed by atoms with van der Waals surface area (Å²) >= 11 is 0. The summed E-state index contributed by atoms with van der Waals surface area (Å²) in [6, 6.07) is 17.8. The summed E-state index contributed by atoms with van der Waals surface area (Å²) in [7, 11) is 0. The third-order valence-electron chi connectivity index (χ3n) is 6.20. The Bertz CT molecular complexity index is 1070. The number of aromatic nitrogens is 3. The summed E-state index contributed by atoms with van der Waals surface area (Å²) in [5, 5.41) is 10.1. The van der Waals surface area contributed by atoms with Gasteiger partial charge in [0.15, 0.2) is 0 Å². The van der Waals surface area contributed by atoms with E-state index in [2.05, 4.69) is 39.8 Å². The molecule has 7 nitrogen and oxygen atoms in total. The number of nitrogens with zero attached hydrogens (tertiary/aromatic N) is 3. The number of nitrogens with one attached hydrogen (secondary N) is 2. The molecule has 7 heteroatoms. The van der Waals surface area contributed by atoms with Crippen LogP contribution in [0.1, 0.15) is 48.8 Å². The maximum Gasteiger partial charge on any atom is 0.248 e. The molecule has 166 valence electrons. The molecule has 3 aromatic rings. The molecule has 0 saturated heterocycles. The van der Waals surface area contributed by atoms with Gasteiger partial charge in [0.25, 0.3) is 0 Å². The number of aryl methyl sites for hydroxylation is 1. The van der Waals surface area contributed by atoms with Crippen LogP contribution in [0.2, 0.25) is 0 Å². The van der Waals surface area contributed by atoms with Gasteiger partial charge in [0.1, 0.15) is 12.9 Å². The summed E-state index contributed by atoms with van der Waals surface area (Å²) in [5.74, 6) is -0.0116. The van der Waals surface area contributed by atoms with Crippen LogP contribution in [0.15, 0.2) is 60.9 Å². The van der Waals surface area contributed by atoms with E-state index in [0.29, 0.717) is 6.54 Å². The zero-order valence-corrected chi connectivity index (χ0v) is 18.4. The van der Waals surface area contributed by atoms with Crippen molar-refractivity contribution >= 4 is 17.8 Å². The maximum absolute atomic E-state index is 13.5. The van der Waals surface area contributed by atoms with E-state index in [4.69, 9.17) is 0 Å². The monoisotopic (exact) mass is 431 g/mol. The third-order valence-corrected chi connectivity index (χ3v) is 6.20. The molecule has 0 atom stereocenters. The van der Waals surface area contributed by atoms with Crippen molar-refractivity contribution in [3.05, 3.63) is 77.6 Å². The number of hydrogen-bond donors (Lipinski definition) is 2. The van der Waals surface area contributed by atoms with Gasteiger partial charge in [-0.2, -0.15) is 0 Å². The average molecular weight is 432 g/mol. The summed E-state index contributed by atoms with van der Waals surface area (Å²) in [4.78, 5) is 29.9. The SMILES string of the molecule is Cc1ccccc1C1(C(=O)Nc2ncn(CC(=O)NCc3ccccc3)n2)CCCCC1. The Labute approximate surface area is 188 Å². The van der Waals surface area contributed by atoms with Crippen molar-refractivity contribution in [1.82, 2.24) is 20.1 Å². The molecule has 4 rings (SSSR count). The van der Waals surface area contributed by atoms with Crippen molar-refractivity contribution in [2.75, 3.05) is 5.32 Å². The molecule has 1 aromatic heterocycles. The molecule has 2 N–H and O–H groups in total. The zero-order valence-electron chi connectivity index (χ0n) is 18.4. The molecule has 0 aliphatic heterocycles. The van der Waals surface area contributed by atoms with Crippen molar-refractivity contribution in [2.45, 2.75) is 57.5 Å². The molecule has 1 saturated carbocycles. The molecule has 2 aromatic carbocycles. The Kier molecular flexibility index (Phi) is 6.63. The molecule has 1 aliphatic rings. The molecule has 0 bridgehead atoms. The second-order valence-electron chi connectivity index (χ2n) is 8.44. The largest absolute Gasteiger partial charge is 0.350 e. The predicted molar refractivity (Wildman–Crippen MR) is 123 cm³/mol. The first-order valence-electron chi connectivity index (χ1n) is 11.1. The second kappa shape index (κ2) is 9.77. The van der Waals surface area contributed by atoms with Crippen LogP contribution < -0.4 is 10.6 Å². The smallest absolute Gasteiger partial charge is 0.248 e. The normalized spacial score (nSPS) is 15.2. The van der Waals surface area contributed by atoms with Gasteiger partial charge < -0.3 is 5.32 Å². The van der Waals surface area contributed by atoms with Crippen LogP contribution >= 0.6 is 0 Å². The third kappa shape index (κ3) is 4.88. The predicted octanol–water partition coefficient (Wildman–Crippen LogP) is 3.74. The fourth-order valence-electron chi connectivity index (χ4n) is 4.53. The molecular formula is C25H29N5O2. The van der Waals surface area contributed by atoms with Crippen LogP contribution in [-0.4, -0.2) is 26.6 Å². The van der Waals surface area contributed by atoms with Crippen molar-refractivity contribution < 1.29 is 9.59 Å². The van der Waals surface area contributed by atoms with E-state index < -0.39 is 5.41 Å². The molecule has 1 aliphatic carbocycles. The number of carbonyl (C=O) groups is 2. The van der Waals surface area contributed by atoms with Gasteiger partial charge in [-0.25, -0.2) is 9.67 Å². The fraction of sp³-hybridized carbons (Fsp3) is 0.360. The number of amides is 2. The van der Waals surface area contributed by atoms with E-state index >= 15 is 0 Å². The summed E-state index contributed by atoms with van der Waals surface area (Å²) in [5.41, 5.74) is 2.67. The highest BCUT2D eigenvalue weighted by Gasteiger charge is 2.42. The second-order valence-corrected chi connectivity index (χ2v) is 8.44. The highest BCUT2D eigenvalue weighted by Crippen LogP contribution is 2.41. The fourth-order valence-corrected chi connectivity index (χ4v) is 4.53. The lowest BCUT2D eigenvalue weighted by Crippen LogP contribution is -2.42. The van der Waals surface area contributed by atoms with E-state index in [1.807, 2.05) is 42.5 Å². The van der Waals surface area contributed by atoms with Crippen LogP contribution in [-0.2, 0) is 28.1 Å². The molecule has 0 unspecified atom stereocenters. The molecular weight excluding hydrogens is 402 g/mol. The van der Waals surface area contributed by atoms with Gasteiger partial charge in [0.2, 0.25) is 17.8 Å². The number of benzene rings is 2. The van der Waals surface area contributed by atoms with Gasteiger partial charge in [-0.1, -0.05) is 73.9 Å². The van der Waals surface area contributed by atoms with E-state index in [1.165, 1.54) is 11.0 Å². The molecule has 0 radical (unpaired) electrons. The van der Waals surface area contributed by atoms with Crippen LogP contribution in [0, 0.1) is 6.92 Å². The van der Waals surface area contributed by atoms with Gasteiger partial charge >= 0.3 is 0 Å². The van der Waals surface area contributed by atoms with Crippen LogP contribution in [0.4, 0.5) is 5.95 Å². The van der Waals surface area contributed by atoms with Crippen molar-refractivity contribution in [3.63, 3.8) is 0 Å². The van der Waals surface area contributed by atoms with Gasteiger partial charge in [0.05, 0.1) is 5.41 Å². The van der Waals surface area contributed by atoms with Crippen molar-refractivity contribution in [3.8, 4) is 0 Å². The molecule has 0 spiro atoms. The van der Waals surface area contributed by atoms with E-state index in [0.717, 1.165) is 48.8 Å². The maximum atomic E-state index is 13.5.